The molecule has 1 heterocycles. The maximum Gasteiger partial charge on any atom is 0.319 e. The fourth-order valence-electron chi connectivity index (χ4n) is 2.19. The predicted octanol–water partition coefficient (Wildman–Crippen LogP) is 1.96. The molecule has 2 amide bonds. The van der Waals surface area contributed by atoms with Crippen molar-refractivity contribution in [3.63, 3.8) is 0 Å². The van der Waals surface area contributed by atoms with E-state index in [1.807, 2.05) is 24.3 Å². The van der Waals surface area contributed by atoms with Crippen LogP contribution >= 0.6 is 0 Å². The van der Waals surface area contributed by atoms with Crippen LogP contribution in [0.1, 0.15) is 19.3 Å². The Bertz CT molecular complexity index is 398. The van der Waals surface area contributed by atoms with Crippen LogP contribution in [0.15, 0.2) is 24.3 Å². The summed E-state index contributed by atoms with van der Waals surface area (Å²) in [6, 6.07) is 7.42. The van der Waals surface area contributed by atoms with Gasteiger partial charge in [-0.2, -0.15) is 0 Å². The van der Waals surface area contributed by atoms with Gasteiger partial charge in [-0.3, -0.25) is 0 Å². The molecule has 2 rings (SSSR count). The number of hydrogen-bond acceptors (Lipinski definition) is 3. The van der Waals surface area contributed by atoms with Gasteiger partial charge in [0.15, 0.2) is 0 Å². The Morgan fingerprint density at radius 2 is 2.05 bits per heavy atom. The lowest BCUT2D eigenvalue weighted by atomic mass is 10.1. The summed E-state index contributed by atoms with van der Waals surface area (Å²) in [4.78, 5) is 11.9. The fourth-order valence-corrected chi connectivity index (χ4v) is 2.19. The minimum atomic E-state index is -0.142. The van der Waals surface area contributed by atoms with Crippen molar-refractivity contribution in [2.75, 3.05) is 25.5 Å². The number of hydrogen-bond donors (Lipinski definition) is 3. The average molecular weight is 263 g/mol. The molecule has 19 heavy (non-hydrogen) atoms. The highest BCUT2D eigenvalue weighted by Gasteiger charge is 2.14. The predicted molar refractivity (Wildman–Crippen MR) is 75.7 cm³/mol. The van der Waals surface area contributed by atoms with Crippen molar-refractivity contribution < 1.29 is 9.53 Å². The third-order valence-electron chi connectivity index (χ3n) is 3.26. The largest absolute Gasteiger partial charge is 0.497 e. The molecule has 0 saturated carbocycles. The lowest BCUT2D eigenvalue weighted by Gasteiger charge is -2.16. The number of carbonyl (C=O) groups is 1. The molecule has 1 atom stereocenters. The van der Waals surface area contributed by atoms with Crippen molar-refractivity contribution in [3.05, 3.63) is 24.3 Å². The number of carbonyl (C=O) groups excluding carboxylic acids is 1. The summed E-state index contributed by atoms with van der Waals surface area (Å²) in [5, 5.41) is 9.18. The molecule has 0 spiro atoms. The van der Waals surface area contributed by atoms with Gasteiger partial charge in [0, 0.05) is 11.7 Å². The average Bonchev–Trinajstić information content (AvgIpc) is 2.68. The van der Waals surface area contributed by atoms with Gasteiger partial charge in [0.25, 0.3) is 0 Å². The van der Waals surface area contributed by atoms with Gasteiger partial charge in [-0.15, -0.1) is 0 Å². The normalized spacial score (nSPS) is 19.3. The number of methoxy groups -OCH3 is 1. The lowest BCUT2D eigenvalue weighted by Crippen LogP contribution is -2.38. The number of nitrogens with one attached hydrogen (secondary N) is 3. The summed E-state index contributed by atoms with van der Waals surface area (Å²) < 4.78 is 5.07. The Balaban J connectivity index is 1.82. The molecule has 0 radical (unpaired) electrons. The summed E-state index contributed by atoms with van der Waals surface area (Å²) >= 11 is 0. The molecule has 1 aliphatic rings. The maximum absolute atomic E-state index is 11.9. The van der Waals surface area contributed by atoms with E-state index in [1.54, 1.807) is 7.11 Å². The van der Waals surface area contributed by atoms with Crippen LogP contribution in [0.4, 0.5) is 10.5 Å². The second kappa shape index (κ2) is 6.99. The van der Waals surface area contributed by atoms with Crippen LogP contribution in [0.3, 0.4) is 0 Å². The standard InChI is InChI=1S/C14H21N3O2/c1-19-13-6-4-12(5-7-13)17-14(18)16-11-3-2-9-15-10-8-11/h4-7,11,15H,2-3,8-10H2,1H3,(H2,16,17,18). The molecule has 3 N–H and O–H groups in total. The molecular formula is C14H21N3O2. The zero-order valence-electron chi connectivity index (χ0n) is 11.2. The number of rotatable bonds is 3. The number of benzene rings is 1. The first-order valence-electron chi connectivity index (χ1n) is 6.70. The maximum atomic E-state index is 11.9. The SMILES string of the molecule is COc1ccc(NC(=O)NC2CCCNCC2)cc1. The van der Waals surface area contributed by atoms with E-state index < -0.39 is 0 Å². The first-order valence-corrected chi connectivity index (χ1v) is 6.70. The molecule has 0 aliphatic carbocycles. The summed E-state index contributed by atoms with van der Waals surface area (Å²) in [5.41, 5.74) is 0.769. The minimum absolute atomic E-state index is 0.142. The van der Waals surface area contributed by atoms with Crippen LogP contribution in [0.25, 0.3) is 0 Å². The molecule has 0 bridgehead atoms. The van der Waals surface area contributed by atoms with E-state index >= 15 is 0 Å². The third kappa shape index (κ3) is 4.44. The number of ether oxygens (including phenoxy) is 1. The van der Waals surface area contributed by atoms with Gasteiger partial charge in [-0.1, -0.05) is 0 Å². The van der Waals surface area contributed by atoms with Crippen molar-refractivity contribution in [1.82, 2.24) is 10.6 Å². The molecule has 1 saturated heterocycles. The van der Waals surface area contributed by atoms with E-state index in [2.05, 4.69) is 16.0 Å². The second-order valence-electron chi connectivity index (χ2n) is 4.70. The van der Waals surface area contributed by atoms with E-state index in [0.717, 1.165) is 43.8 Å². The van der Waals surface area contributed by atoms with E-state index in [0.29, 0.717) is 0 Å². The highest BCUT2D eigenvalue weighted by Crippen LogP contribution is 2.15. The number of anilines is 1. The van der Waals surface area contributed by atoms with Crippen molar-refractivity contribution in [3.8, 4) is 5.75 Å². The first-order chi connectivity index (χ1) is 9.28. The summed E-state index contributed by atoms with van der Waals surface area (Å²) in [7, 11) is 1.62. The Labute approximate surface area is 113 Å². The van der Waals surface area contributed by atoms with Crippen LogP contribution in [0, 0.1) is 0 Å². The molecular weight excluding hydrogens is 242 g/mol. The van der Waals surface area contributed by atoms with Gasteiger partial charge in [0.1, 0.15) is 5.75 Å². The van der Waals surface area contributed by atoms with E-state index in [4.69, 9.17) is 4.74 Å². The van der Waals surface area contributed by atoms with Gasteiger partial charge >= 0.3 is 6.03 Å². The fraction of sp³-hybridized carbons (Fsp3) is 0.500. The van der Waals surface area contributed by atoms with Crippen LogP contribution in [-0.4, -0.2) is 32.3 Å². The van der Waals surface area contributed by atoms with Crippen molar-refractivity contribution in [2.24, 2.45) is 0 Å². The smallest absolute Gasteiger partial charge is 0.319 e. The molecule has 1 aromatic rings. The second-order valence-corrected chi connectivity index (χ2v) is 4.70. The molecule has 1 aliphatic heterocycles. The van der Waals surface area contributed by atoms with Crippen LogP contribution in [-0.2, 0) is 0 Å². The third-order valence-corrected chi connectivity index (χ3v) is 3.26. The Morgan fingerprint density at radius 3 is 2.79 bits per heavy atom. The van der Waals surface area contributed by atoms with Crippen LogP contribution in [0.5, 0.6) is 5.75 Å². The monoisotopic (exact) mass is 263 g/mol. The highest BCUT2D eigenvalue weighted by molar-refractivity contribution is 5.89. The van der Waals surface area contributed by atoms with E-state index in [1.165, 1.54) is 0 Å². The van der Waals surface area contributed by atoms with Crippen molar-refractivity contribution in [2.45, 2.75) is 25.3 Å². The Hall–Kier alpha value is -1.75. The minimum Gasteiger partial charge on any atom is -0.497 e. The van der Waals surface area contributed by atoms with Gasteiger partial charge in [-0.25, -0.2) is 4.79 Å². The van der Waals surface area contributed by atoms with E-state index in [-0.39, 0.29) is 12.1 Å². The van der Waals surface area contributed by atoms with Crippen LogP contribution < -0.4 is 20.7 Å². The van der Waals surface area contributed by atoms with Gasteiger partial charge in [-0.05, 0) is 56.6 Å². The molecule has 1 unspecified atom stereocenters. The topological polar surface area (TPSA) is 62.4 Å². The molecule has 1 aromatic carbocycles. The summed E-state index contributed by atoms with van der Waals surface area (Å²) in [5.74, 6) is 0.779. The Morgan fingerprint density at radius 1 is 1.26 bits per heavy atom. The number of urea groups is 1. The van der Waals surface area contributed by atoms with E-state index in [9.17, 15) is 4.79 Å². The lowest BCUT2D eigenvalue weighted by molar-refractivity contribution is 0.247. The molecule has 5 nitrogen and oxygen atoms in total. The molecule has 0 aromatic heterocycles. The van der Waals surface area contributed by atoms with Gasteiger partial charge in [0.2, 0.25) is 0 Å². The summed E-state index contributed by atoms with van der Waals surface area (Å²) in [6.07, 6.45) is 3.12. The Kier molecular flexibility index (Phi) is 5.03. The first kappa shape index (κ1) is 13.7. The van der Waals surface area contributed by atoms with Crippen molar-refractivity contribution in [1.29, 1.82) is 0 Å². The molecule has 104 valence electrons. The quantitative estimate of drug-likeness (QED) is 0.781. The molecule has 5 heteroatoms. The van der Waals surface area contributed by atoms with Crippen molar-refractivity contribution >= 4 is 11.7 Å². The zero-order chi connectivity index (χ0) is 13.5. The van der Waals surface area contributed by atoms with Crippen LogP contribution in [0.2, 0.25) is 0 Å². The highest BCUT2D eigenvalue weighted by atomic mass is 16.5. The van der Waals surface area contributed by atoms with Gasteiger partial charge < -0.3 is 20.7 Å². The number of amides is 2. The summed E-state index contributed by atoms with van der Waals surface area (Å²) in [6.45, 7) is 2.01. The molecule has 1 fully saturated rings. The van der Waals surface area contributed by atoms with Gasteiger partial charge in [0.05, 0.1) is 7.11 Å². The zero-order valence-corrected chi connectivity index (χ0v) is 11.2.